The first-order valence-corrected chi connectivity index (χ1v) is 8.29. The fourth-order valence-electron chi connectivity index (χ4n) is 2.29. The maximum atomic E-state index is 12.5. The van der Waals surface area contributed by atoms with E-state index in [-0.39, 0.29) is 18.1 Å². The van der Waals surface area contributed by atoms with Gasteiger partial charge in [-0.1, -0.05) is 32.0 Å². The molecule has 7 heteroatoms. The van der Waals surface area contributed by atoms with E-state index in [9.17, 15) is 9.59 Å². The number of hydrogen-bond acceptors (Lipinski definition) is 5. The molecule has 1 aromatic heterocycles. The number of carboxylic acid groups (broad SMARTS) is 1. The maximum absolute atomic E-state index is 12.5. The molecule has 0 radical (unpaired) electrons. The summed E-state index contributed by atoms with van der Waals surface area (Å²) in [6, 6.07) is 7.60. The van der Waals surface area contributed by atoms with Crippen LogP contribution in [0.3, 0.4) is 0 Å². The Morgan fingerprint density at radius 3 is 2.67 bits per heavy atom. The molecule has 2 N–H and O–H groups in total. The standard InChI is InChI=1S/C17H20N2O4S/c1-17(2,8-11-6-4-5-7-13(11)23-3)16(22)18-9-14-19-12(10-24-14)15(20)21/h4-7,10H,8-9H2,1-3H3,(H,18,22)(H,20,21). The molecule has 2 rings (SSSR count). The van der Waals surface area contributed by atoms with Crippen LogP contribution in [0.5, 0.6) is 5.75 Å². The predicted molar refractivity (Wildman–Crippen MR) is 91.4 cm³/mol. The summed E-state index contributed by atoms with van der Waals surface area (Å²) in [6.45, 7) is 3.94. The third-order valence-electron chi connectivity index (χ3n) is 3.61. The predicted octanol–water partition coefficient (Wildman–Crippen LogP) is 2.74. The van der Waals surface area contributed by atoms with Crippen molar-refractivity contribution in [1.29, 1.82) is 0 Å². The highest BCUT2D eigenvalue weighted by atomic mass is 32.1. The van der Waals surface area contributed by atoms with Gasteiger partial charge in [0.1, 0.15) is 10.8 Å². The number of carbonyl (C=O) groups is 2. The Bertz CT molecular complexity index is 740. The topological polar surface area (TPSA) is 88.5 Å². The summed E-state index contributed by atoms with van der Waals surface area (Å²) in [7, 11) is 1.61. The van der Waals surface area contributed by atoms with Gasteiger partial charge in [0.15, 0.2) is 5.69 Å². The lowest BCUT2D eigenvalue weighted by atomic mass is 9.84. The van der Waals surface area contributed by atoms with Gasteiger partial charge in [-0.05, 0) is 18.1 Å². The average molecular weight is 348 g/mol. The summed E-state index contributed by atoms with van der Waals surface area (Å²) in [5.74, 6) is -0.440. The van der Waals surface area contributed by atoms with Crippen molar-refractivity contribution in [2.45, 2.75) is 26.8 Å². The van der Waals surface area contributed by atoms with Gasteiger partial charge >= 0.3 is 5.97 Å². The number of thiazole rings is 1. The molecule has 24 heavy (non-hydrogen) atoms. The normalized spacial score (nSPS) is 11.1. The highest BCUT2D eigenvalue weighted by Crippen LogP contribution is 2.28. The Morgan fingerprint density at radius 1 is 1.33 bits per heavy atom. The third-order valence-corrected chi connectivity index (χ3v) is 4.46. The molecule has 0 atom stereocenters. The Kier molecular flexibility index (Phi) is 5.56. The lowest BCUT2D eigenvalue weighted by Crippen LogP contribution is -2.38. The lowest BCUT2D eigenvalue weighted by molar-refractivity contribution is -0.129. The third kappa shape index (κ3) is 4.32. The minimum atomic E-state index is -1.07. The van der Waals surface area contributed by atoms with E-state index in [1.165, 1.54) is 16.7 Å². The first-order chi connectivity index (χ1) is 11.3. The monoisotopic (exact) mass is 348 g/mol. The largest absolute Gasteiger partial charge is 0.496 e. The average Bonchev–Trinajstić information content (AvgIpc) is 3.02. The van der Waals surface area contributed by atoms with Crippen molar-refractivity contribution in [1.82, 2.24) is 10.3 Å². The van der Waals surface area contributed by atoms with Crippen LogP contribution in [0.2, 0.25) is 0 Å². The Morgan fingerprint density at radius 2 is 2.04 bits per heavy atom. The molecule has 1 aromatic carbocycles. The number of carbonyl (C=O) groups excluding carboxylic acids is 1. The van der Waals surface area contributed by atoms with Crippen molar-refractivity contribution in [2.75, 3.05) is 7.11 Å². The number of para-hydroxylation sites is 1. The van der Waals surface area contributed by atoms with Gasteiger partial charge in [0.05, 0.1) is 13.7 Å². The number of nitrogens with zero attached hydrogens (tertiary/aromatic N) is 1. The van der Waals surface area contributed by atoms with Crippen molar-refractivity contribution in [2.24, 2.45) is 5.41 Å². The highest BCUT2D eigenvalue weighted by molar-refractivity contribution is 7.09. The van der Waals surface area contributed by atoms with Crippen molar-refractivity contribution < 1.29 is 19.4 Å². The fraction of sp³-hybridized carbons (Fsp3) is 0.353. The molecule has 0 unspecified atom stereocenters. The second-order valence-corrected chi connectivity index (χ2v) is 6.93. The van der Waals surface area contributed by atoms with Crippen LogP contribution < -0.4 is 10.1 Å². The van der Waals surface area contributed by atoms with Gasteiger partial charge in [-0.3, -0.25) is 4.79 Å². The van der Waals surface area contributed by atoms with Crippen molar-refractivity contribution in [3.63, 3.8) is 0 Å². The van der Waals surface area contributed by atoms with Crippen LogP contribution in [-0.2, 0) is 17.8 Å². The van der Waals surface area contributed by atoms with E-state index in [1.807, 2.05) is 38.1 Å². The molecule has 1 amide bonds. The van der Waals surface area contributed by atoms with Crippen LogP contribution in [0.4, 0.5) is 0 Å². The molecule has 1 heterocycles. The minimum Gasteiger partial charge on any atom is -0.496 e. The zero-order chi connectivity index (χ0) is 17.7. The molecule has 0 bridgehead atoms. The van der Waals surface area contributed by atoms with Gasteiger partial charge in [-0.25, -0.2) is 9.78 Å². The van der Waals surface area contributed by atoms with Crippen LogP contribution in [0.15, 0.2) is 29.6 Å². The summed E-state index contributed by atoms with van der Waals surface area (Å²) in [6.07, 6.45) is 0.529. The quantitative estimate of drug-likeness (QED) is 0.803. The molecule has 0 spiro atoms. The van der Waals surface area contributed by atoms with Crippen molar-refractivity contribution in [3.05, 3.63) is 45.9 Å². The smallest absolute Gasteiger partial charge is 0.355 e. The number of carboxylic acids is 1. The second kappa shape index (κ2) is 7.44. The molecular weight excluding hydrogens is 328 g/mol. The van der Waals surface area contributed by atoms with Gasteiger partial charge in [-0.2, -0.15) is 0 Å². The van der Waals surface area contributed by atoms with Gasteiger partial charge in [0.25, 0.3) is 0 Å². The number of rotatable bonds is 7. The number of methoxy groups -OCH3 is 1. The van der Waals surface area contributed by atoms with E-state index in [2.05, 4.69) is 10.3 Å². The molecular formula is C17H20N2O4S. The second-order valence-electron chi connectivity index (χ2n) is 5.99. The van der Waals surface area contributed by atoms with Gasteiger partial charge in [0.2, 0.25) is 5.91 Å². The molecule has 0 aliphatic rings. The molecule has 0 aliphatic carbocycles. The zero-order valence-corrected chi connectivity index (χ0v) is 14.6. The Balaban J connectivity index is 2.00. The molecule has 2 aromatic rings. The molecule has 0 saturated carbocycles. The Labute approximate surface area is 144 Å². The van der Waals surface area contributed by atoms with Crippen molar-refractivity contribution in [3.8, 4) is 5.75 Å². The number of hydrogen-bond donors (Lipinski definition) is 2. The number of nitrogens with one attached hydrogen (secondary N) is 1. The van der Waals surface area contributed by atoms with E-state index in [0.717, 1.165) is 11.3 Å². The summed E-state index contributed by atoms with van der Waals surface area (Å²) in [5, 5.41) is 13.7. The molecule has 128 valence electrons. The van der Waals surface area contributed by atoms with Gasteiger partial charge < -0.3 is 15.2 Å². The van der Waals surface area contributed by atoms with Crippen LogP contribution in [0.25, 0.3) is 0 Å². The van der Waals surface area contributed by atoms with Crippen LogP contribution in [0.1, 0.15) is 34.9 Å². The number of aromatic nitrogens is 1. The number of aromatic carboxylic acids is 1. The summed E-state index contributed by atoms with van der Waals surface area (Å²) < 4.78 is 5.33. The minimum absolute atomic E-state index is 0.00229. The van der Waals surface area contributed by atoms with E-state index in [4.69, 9.17) is 9.84 Å². The highest BCUT2D eigenvalue weighted by Gasteiger charge is 2.29. The molecule has 0 saturated heterocycles. The number of amides is 1. The molecule has 0 fully saturated rings. The summed E-state index contributed by atoms with van der Waals surface area (Å²) in [4.78, 5) is 27.3. The maximum Gasteiger partial charge on any atom is 0.355 e. The van der Waals surface area contributed by atoms with Crippen molar-refractivity contribution >= 4 is 23.2 Å². The molecule has 0 aliphatic heterocycles. The first kappa shape index (κ1) is 17.9. The number of benzene rings is 1. The van der Waals surface area contributed by atoms with Gasteiger partial charge in [0, 0.05) is 10.8 Å². The summed E-state index contributed by atoms with van der Waals surface area (Å²) >= 11 is 1.21. The van der Waals surface area contributed by atoms with E-state index < -0.39 is 11.4 Å². The number of ether oxygens (including phenoxy) is 1. The Hall–Kier alpha value is -2.41. The van der Waals surface area contributed by atoms with E-state index in [0.29, 0.717) is 11.4 Å². The fourth-order valence-corrected chi connectivity index (χ4v) is 3.00. The lowest BCUT2D eigenvalue weighted by Gasteiger charge is -2.24. The van der Waals surface area contributed by atoms with E-state index >= 15 is 0 Å². The van der Waals surface area contributed by atoms with Crippen LogP contribution >= 0.6 is 11.3 Å². The zero-order valence-electron chi connectivity index (χ0n) is 13.8. The van der Waals surface area contributed by atoms with E-state index in [1.54, 1.807) is 7.11 Å². The molecule has 6 nitrogen and oxygen atoms in total. The van der Waals surface area contributed by atoms with Crippen LogP contribution in [0, 0.1) is 5.41 Å². The van der Waals surface area contributed by atoms with Crippen LogP contribution in [-0.4, -0.2) is 29.1 Å². The first-order valence-electron chi connectivity index (χ1n) is 7.41. The summed E-state index contributed by atoms with van der Waals surface area (Å²) in [5.41, 5.74) is 0.321. The SMILES string of the molecule is COc1ccccc1CC(C)(C)C(=O)NCc1nc(C(=O)O)cs1. The van der Waals surface area contributed by atoms with Gasteiger partial charge in [-0.15, -0.1) is 11.3 Å².